The Bertz CT molecular complexity index is 638. The molecule has 0 aliphatic heterocycles. The molecule has 5 heteroatoms. The maximum absolute atomic E-state index is 12.2. The molecule has 0 aliphatic rings. The highest BCUT2D eigenvalue weighted by Gasteiger charge is 2.24. The van der Waals surface area contributed by atoms with Crippen LogP contribution >= 0.6 is 0 Å². The van der Waals surface area contributed by atoms with Crippen molar-refractivity contribution in [3.8, 4) is 5.75 Å². The van der Waals surface area contributed by atoms with Crippen LogP contribution in [0.5, 0.6) is 5.75 Å². The van der Waals surface area contributed by atoms with Gasteiger partial charge in [0.2, 0.25) is 0 Å². The Morgan fingerprint density at radius 3 is 2.15 bits per heavy atom. The van der Waals surface area contributed by atoms with Crippen molar-refractivity contribution in [2.24, 2.45) is 0 Å². The lowest BCUT2D eigenvalue weighted by atomic mass is 9.80. The van der Waals surface area contributed by atoms with Crippen molar-refractivity contribution in [3.63, 3.8) is 0 Å². The van der Waals surface area contributed by atoms with E-state index in [-0.39, 0.29) is 29.9 Å². The minimum atomic E-state index is -0.423. The number of carbonyl (C=O) groups is 2. The van der Waals surface area contributed by atoms with Gasteiger partial charge in [-0.3, -0.25) is 9.59 Å². The molecule has 146 valence electrons. The number of hydrogen-bond donors (Lipinski definition) is 0. The molecular formula is C21H33NO4. The van der Waals surface area contributed by atoms with Crippen LogP contribution in [0.15, 0.2) is 18.2 Å². The van der Waals surface area contributed by atoms with Crippen molar-refractivity contribution in [1.82, 2.24) is 4.90 Å². The summed E-state index contributed by atoms with van der Waals surface area (Å²) in [5.74, 6) is 0.00876. The molecule has 1 amide bonds. The van der Waals surface area contributed by atoms with E-state index in [9.17, 15) is 9.59 Å². The van der Waals surface area contributed by atoms with Gasteiger partial charge < -0.3 is 14.4 Å². The van der Waals surface area contributed by atoms with Crippen molar-refractivity contribution in [3.05, 3.63) is 29.3 Å². The minimum Gasteiger partial charge on any atom is -0.483 e. The zero-order valence-corrected chi connectivity index (χ0v) is 17.4. The number of esters is 1. The SMILES string of the molecule is CCOC(=O)CN(C)C(=O)COc1ccc(C(C)(C)C)cc1C(C)(C)C. The molecule has 0 heterocycles. The van der Waals surface area contributed by atoms with Gasteiger partial charge in [-0.15, -0.1) is 0 Å². The van der Waals surface area contributed by atoms with Crippen LogP contribution in [0.3, 0.4) is 0 Å². The molecule has 1 aromatic rings. The molecule has 0 spiro atoms. The average Bonchev–Trinajstić information content (AvgIpc) is 2.50. The topological polar surface area (TPSA) is 55.8 Å². The Labute approximate surface area is 157 Å². The molecule has 0 saturated carbocycles. The van der Waals surface area contributed by atoms with Crippen molar-refractivity contribution in [2.75, 3.05) is 26.8 Å². The number of carbonyl (C=O) groups excluding carboxylic acids is 2. The van der Waals surface area contributed by atoms with E-state index in [1.54, 1.807) is 14.0 Å². The molecule has 0 saturated heterocycles. The number of nitrogens with zero attached hydrogens (tertiary/aromatic N) is 1. The third-order valence-corrected chi connectivity index (χ3v) is 4.10. The maximum atomic E-state index is 12.2. The van der Waals surface area contributed by atoms with Gasteiger partial charge in [-0.1, -0.05) is 53.7 Å². The number of amides is 1. The number of rotatable bonds is 6. The smallest absolute Gasteiger partial charge is 0.325 e. The minimum absolute atomic E-state index is 0.0359. The van der Waals surface area contributed by atoms with Crippen molar-refractivity contribution >= 4 is 11.9 Å². The third kappa shape index (κ3) is 6.36. The lowest BCUT2D eigenvalue weighted by molar-refractivity contribution is -0.148. The summed E-state index contributed by atoms with van der Waals surface area (Å²) in [6.45, 7) is 14.7. The highest BCUT2D eigenvalue weighted by atomic mass is 16.5. The first kappa shape index (κ1) is 22.0. The van der Waals surface area contributed by atoms with Crippen molar-refractivity contribution in [1.29, 1.82) is 0 Å². The maximum Gasteiger partial charge on any atom is 0.325 e. The van der Waals surface area contributed by atoms with Crippen LogP contribution in [-0.4, -0.2) is 43.6 Å². The summed E-state index contributed by atoms with van der Waals surface area (Å²) >= 11 is 0. The molecule has 5 nitrogen and oxygen atoms in total. The molecule has 1 aromatic carbocycles. The Balaban J connectivity index is 2.89. The van der Waals surface area contributed by atoms with Gasteiger partial charge in [-0.25, -0.2) is 0 Å². The predicted molar refractivity (Wildman–Crippen MR) is 104 cm³/mol. The lowest BCUT2D eigenvalue weighted by Crippen LogP contribution is -2.36. The standard InChI is InChI=1S/C21H33NO4/c1-9-25-19(24)13-22(8)18(23)14-26-17-11-10-15(20(2,3)4)12-16(17)21(5,6)7/h10-12H,9,13-14H2,1-8H3. The first-order valence-electron chi connectivity index (χ1n) is 9.03. The van der Waals surface area contributed by atoms with E-state index in [2.05, 4.69) is 47.6 Å². The van der Waals surface area contributed by atoms with Crippen LogP contribution < -0.4 is 4.74 Å². The molecule has 0 fully saturated rings. The number of ether oxygens (including phenoxy) is 2. The average molecular weight is 363 g/mol. The Hall–Kier alpha value is -2.04. The van der Waals surface area contributed by atoms with E-state index >= 15 is 0 Å². The summed E-state index contributed by atoms with van der Waals surface area (Å²) in [7, 11) is 1.57. The molecule has 0 N–H and O–H groups in total. The van der Waals surface area contributed by atoms with Gasteiger partial charge in [0, 0.05) is 7.05 Å². The molecule has 1 rings (SSSR count). The summed E-state index contributed by atoms with van der Waals surface area (Å²) < 4.78 is 10.7. The monoisotopic (exact) mass is 363 g/mol. The van der Waals surface area contributed by atoms with Gasteiger partial charge in [-0.05, 0) is 34.9 Å². The fourth-order valence-electron chi connectivity index (χ4n) is 2.45. The summed E-state index contributed by atoms with van der Waals surface area (Å²) in [5, 5.41) is 0. The molecular weight excluding hydrogens is 330 g/mol. The fraction of sp³-hybridized carbons (Fsp3) is 0.619. The first-order valence-corrected chi connectivity index (χ1v) is 9.03. The Kier molecular flexibility index (Phi) is 7.25. The number of benzene rings is 1. The molecule has 0 bridgehead atoms. The van der Waals surface area contributed by atoms with Gasteiger partial charge in [0.25, 0.3) is 5.91 Å². The van der Waals surface area contributed by atoms with Crippen LogP contribution in [0.4, 0.5) is 0 Å². The third-order valence-electron chi connectivity index (χ3n) is 4.10. The van der Waals surface area contributed by atoms with E-state index in [0.717, 1.165) is 5.56 Å². The molecule has 0 aromatic heterocycles. The highest BCUT2D eigenvalue weighted by Crippen LogP contribution is 2.35. The van der Waals surface area contributed by atoms with Gasteiger partial charge in [-0.2, -0.15) is 0 Å². The largest absolute Gasteiger partial charge is 0.483 e. The highest BCUT2D eigenvalue weighted by molar-refractivity contribution is 5.82. The van der Waals surface area contributed by atoms with Crippen LogP contribution in [0, 0.1) is 0 Å². The lowest BCUT2D eigenvalue weighted by Gasteiger charge is -2.27. The summed E-state index contributed by atoms with van der Waals surface area (Å²) in [4.78, 5) is 25.0. The summed E-state index contributed by atoms with van der Waals surface area (Å²) in [5.41, 5.74) is 2.20. The molecule has 26 heavy (non-hydrogen) atoms. The number of hydrogen-bond acceptors (Lipinski definition) is 4. The van der Waals surface area contributed by atoms with E-state index in [0.29, 0.717) is 12.4 Å². The second kappa shape index (κ2) is 8.56. The summed E-state index contributed by atoms with van der Waals surface area (Å²) in [6.07, 6.45) is 0. The zero-order chi connectivity index (χ0) is 20.1. The van der Waals surface area contributed by atoms with E-state index < -0.39 is 5.97 Å². The fourth-order valence-corrected chi connectivity index (χ4v) is 2.45. The second-order valence-electron chi connectivity index (χ2n) is 8.55. The van der Waals surface area contributed by atoms with Crippen molar-refractivity contribution < 1.29 is 19.1 Å². The molecule has 0 unspecified atom stereocenters. The van der Waals surface area contributed by atoms with Crippen molar-refractivity contribution in [2.45, 2.75) is 59.3 Å². The van der Waals surface area contributed by atoms with E-state index in [4.69, 9.17) is 9.47 Å². The number of likely N-dealkylation sites (N-methyl/N-ethyl adjacent to an activating group) is 1. The van der Waals surface area contributed by atoms with E-state index in [1.807, 2.05) is 12.1 Å². The first-order chi connectivity index (χ1) is 11.9. The predicted octanol–water partition coefficient (Wildman–Crippen LogP) is 3.68. The van der Waals surface area contributed by atoms with Crippen LogP contribution in [0.2, 0.25) is 0 Å². The Morgan fingerprint density at radius 2 is 1.65 bits per heavy atom. The van der Waals surface area contributed by atoms with Crippen LogP contribution in [0.1, 0.15) is 59.6 Å². The zero-order valence-electron chi connectivity index (χ0n) is 17.4. The van der Waals surface area contributed by atoms with Gasteiger partial charge in [0.1, 0.15) is 12.3 Å². The quantitative estimate of drug-likeness (QED) is 0.724. The molecule has 0 aliphatic carbocycles. The normalized spacial score (nSPS) is 11.8. The van der Waals surface area contributed by atoms with Crippen LogP contribution in [-0.2, 0) is 25.2 Å². The van der Waals surface area contributed by atoms with E-state index in [1.165, 1.54) is 10.5 Å². The van der Waals surface area contributed by atoms with Crippen LogP contribution in [0.25, 0.3) is 0 Å². The van der Waals surface area contributed by atoms with Gasteiger partial charge in [0.05, 0.1) is 6.61 Å². The van der Waals surface area contributed by atoms with Gasteiger partial charge >= 0.3 is 5.97 Å². The molecule has 0 radical (unpaired) electrons. The molecule has 0 atom stereocenters. The summed E-state index contributed by atoms with van der Waals surface area (Å²) in [6, 6.07) is 6.12. The van der Waals surface area contributed by atoms with Gasteiger partial charge in [0.15, 0.2) is 6.61 Å². The Morgan fingerprint density at radius 1 is 1.04 bits per heavy atom. The second-order valence-corrected chi connectivity index (χ2v) is 8.55.